The summed E-state index contributed by atoms with van der Waals surface area (Å²) in [5.74, 6) is -0.160. The topological polar surface area (TPSA) is 84.7 Å². The first-order valence-corrected chi connectivity index (χ1v) is 15.0. The number of para-hydroxylation sites is 1. The molecule has 11 heteroatoms. The van der Waals surface area contributed by atoms with Crippen molar-refractivity contribution in [2.45, 2.75) is 25.2 Å². The molecule has 0 bridgehead atoms. The van der Waals surface area contributed by atoms with Crippen LogP contribution in [0.5, 0.6) is 0 Å². The molecule has 0 unspecified atom stereocenters. The van der Waals surface area contributed by atoms with E-state index >= 15 is 0 Å². The van der Waals surface area contributed by atoms with Crippen molar-refractivity contribution in [1.82, 2.24) is 19.0 Å². The van der Waals surface area contributed by atoms with Crippen LogP contribution in [0, 0.1) is 0 Å². The monoisotopic (exact) mass is 570 g/mol. The van der Waals surface area contributed by atoms with Gasteiger partial charge in [0.25, 0.3) is 5.91 Å². The fourth-order valence-electron chi connectivity index (χ4n) is 4.15. The van der Waals surface area contributed by atoms with E-state index in [0.29, 0.717) is 58.7 Å². The molecule has 200 valence electrons. The Morgan fingerprint density at radius 2 is 1.84 bits per heavy atom. The molecule has 1 aliphatic heterocycles. The zero-order valence-electron chi connectivity index (χ0n) is 21.5. The van der Waals surface area contributed by atoms with E-state index in [1.807, 2.05) is 56.4 Å². The number of hydrogen-bond acceptors (Lipinski definition) is 7. The third-order valence-electron chi connectivity index (χ3n) is 6.10. The number of carbonyl (C=O) groups is 1. The fourth-order valence-corrected chi connectivity index (χ4v) is 6.95. The van der Waals surface area contributed by atoms with E-state index in [0.717, 1.165) is 5.69 Å². The van der Waals surface area contributed by atoms with Crippen LogP contribution < -0.4 is 0 Å². The lowest BCUT2D eigenvalue weighted by atomic mass is 10.1. The number of carbonyl (C=O) groups excluding carboxylic acids is 1. The standard InChI is InChI=1S/C27H30N4O4S3/c1-4-29(5-2)38(33,34)23-14-9-11-20(17-23)25-21(19-31(28-25)22-12-7-6-8-13-22)18-24-26(32)30(27(36)37-24)15-10-16-35-3/h6-9,11-14,17-19H,4-5,10,15-16H2,1-3H3. The number of rotatable bonds is 11. The molecule has 0 aliphatic carbocycles. The maximum Gasteiger partial charge on any atom is 0.266 e. The van der Waals surface area contributed by atoms with Gasteiger partial charge in [0.2, 0.25) is 10.0 Å². The van der Waals surface area contributed by atoms with Gasteiger partial charge in [0.05, 0.1) is 15.5 Å². The Morgan fingerprint density at radius 3 is 2.53 bits per heavy atom. The molecule has 8 nitrogen and oxygen atoms in total. The van der Waals surface area contributed by atoms with Gasteiger partial charge in [-0.25, -0.2) is 13.1 Å². The van der Waals surface area contributed by atoms with Crippen LogP contribution in [0.25, 0.3) is 23.0 Å². The molecule has 1 aliphatic rings. The smallest absolute Gasteiger partial charge is 0.266 e. The van der Waals surface area contributed by atoms with Crippen molar-refractivity contribution in [3.63, 3.8) is 0 Å². The largest absolute Gasteiger partial charge is 0.385 e. The first kappa shape index (κ1) is 28.2. The highest BCUT2D eigenvalue weighted by Crippen LogP contribution is 2.35. The average Bonchev–Trinajstić information content (AvgIpc) is 3.46. The molecule has 0 saturated carbocycles. The lowest BCUT2D eigenvalue weighted by Crippen LogP contribution is -2.30. The highest BCUT2D eigenvalue weighted by atomic mass is 32.2. The van der Waals surface area contributed by atoms with Crippen molar-refractivity contribution in [3.8, 4) is 16.9 Å². The molecular formula is C27H30N4O4S3. The van der Waals surface area contributed by atoms with Crippen LogP contribution in [-0.4, -0.2) is 71.0 Å². The van der Waals surface area contributed by atoms with Crippen molar-refractivity contribution in [2.75, 3.05) is 33.4 Å². The van der Waals surface area contributed by atoms with Gasteiger partial charge in [-0.05, 0) is 36.8 Å². The molecule has 1 saturated heterocycles. The number of thioether (sulfide) groups is 1. The van der Waals surface area contributed by atoms with Crippen LogP contribution in [0.3, 0.4) is 0 Å². The lowest BCUT2D eigenvalue weighted by molar-refractivity contribution is -0.122. The van der Waals surface area contributed by atoms with E-state index in [2.05, 4.69) is 0 Å². The minimum absolute atomic E-state index is 0.160. The Bertz CT molecular complexity index is 1450. The van der Waals surface area contributed by atoms with Gasteiger partial charge < -0.3 is 4.74 Å². The zero-order valence-corrected chi connectivity index (χ0v) is 24.0. The van der Waals surface area contributed by atoms with Crippen LogP contribution in [0.15, 0.2) is 70.6 Å². The summed E-state index contributed by atoms with van der Waals surface area (Å²) in [7, 11) is -2.03. The Kier molecular flexibility index (Phi) is 9.16. The number of thiocarbonyl (C=S) groups is 1. The molecule has 0 spiro atoms. The summed E-state index contributed by atoms with van der Waals surface area (Å²) >= 11 is 6.72. The van der Waals surface area contributed by atoms with E-state index in [9.17, 15) is 13.2 Å². The Labute approximate surface area is 233 Å². The maximum absolute atomic E-state index is 13.2. The van der Waals surface area contributed by atoms with Crippen molar-refractivity contribution in [3.05, 3.63) is 71.3 Å². The first-order valence-electron chi connectivity index (χ1n) is 12.3. The van der Waals surface area contributed by atoms with Crippen LogP contribution >= 0.6 is 24.0 Å². The summed E-state index contributed by atoms with van der Waals surface area (Å²) in [5, 5.41) is 4.80. The highest BCUT2D eigenvalue weighted by molar-refractivity contribution is 8.26. The number of sulfonamides is 1. The summed E-state index contributed by atoms with van der Waals surface area (Å²) < 4.78 is 35.2. The minimum Gasteiger partial charge on any atom is -0.385 e. The van der Waals surface area contributed by atoms with E-state index < -0.39 is 10.0 Å². The van der Waals surface area contributed by atoms with E-state index in [1.54, 1.807) is 41.0 Å². The van der Waals surface area contributed by atoms with E-state index in [1.165, 1.54) is 16.1 Å². The van der Waals surface area contributed by atoms with Gasteiger partial charge in [-0.2, -0.15) is 9.40 Å². The lowest BCUT2D eigenvalue weighted by Gasteiger charge is -2.18. The molecule has 0 radical (unpaired) electrons. The van der Waals surface area contributed by atoms with Crippen molar-refractivity contribution >= 4 is 50.3 Å². The summed E-state index contributed by atoms with van der Waals surface area (Å²) in [6.45, 7) is 5.41. The number of methoxy groups -OCH3 is 1. The first-order chi connectivity index (χ1) is 18.3. The van der Waals surface area contributed by atoms with Gasteiger partial charge >= 0.3 is 0 Å². The Morgan fingerprint density at radius 1 is 1.11 bits per heavy atom. The fraction of sp³-hybridized carbons (Fsp3) is 0.296. The predicted molar refractivity (Wildman–Crippen MR) is 155 cm³/mol. The van der Waals surface area contributed by atoms with Crippen molar-refractivity contribution < 1.29 is 17.9 Å². The number of benzene rings is 2. The summed E-state index contributed by atoms with van der Waals surface area (Å²) in [4.78, 5) is 15.4. The molecule has 0 atom stereocenters. The molecule has 2 aromatic carbocycles. The number of hydrogen-bond donors (Lipinski definition) is 0. The molecule has 1 aromatic heterocycles. The van der Waals surface area contributed by atoms with Gasteiger partial charge in [-0.15, -0.1) is 0 Å². The second kappa shape index (κ2) is 12.4. The number of ether oxygens (including phenoxy) is 1. The molecule has 2 heterocycles. The average molecular weight is 571 g/mol. The Hall–Kier alpha value is -2.83. The number of amides is 1. The van der Waals surface area contributed by atoms with Crippen LogP contribution in [-0.2, 0) is 19.6 Å². The normalized spacial score (nSPS) is 15.3. The molecule has 3 aromatic rings. The third kappa shape index (κ3) is 5.92. The zero-order chi connectivity index (χ0) is 27.3. The SMILES string of the molecule is CCN(CC)S(=O)(=O)c1cccc(-c2nn(-c3ccccc3)cc2C=C2SC(=S)N(CCCOC)C2=O)c1. The molecule has 1 amide bonds. The van der Waals surface area contributed by atoms with E-state index in [-0.39, 0.29) is 10.8 Å². The summed E-state index contributed by atoms with van der Waals surface area (Å²) in [5.41, 5.74) is 2.72. The molecule has 4 rings (SSSR count). The quantitative estimate of drug-likeness (QED) is 0.186. The predicted octanol–water partition coefficient (Wildman–Crippen LogP) is 4.81. The van der Waals surface area contributed by atoms with Gasteiger partial charge in [-0.3, -0.25) is 9.69 Å². The van der Waals surface area contributed by atoms with Crippen LogP contribution in [0.2, 0.25) is 0 Å². The van der Waals surface area contributed by atoms with Crippen molar-refractivity contribution in [1.29, 1.82) is 0 Å². The molecule has 38 heavy (non-hydrogen) atoms. The molecule has 1 fully saturated rings. The summed E-state index contributed by atoms with van der Waals surface area (Å²) in [6, 6.07) is 16.4. The van der Waals surface area contributed by atoms with E-state index in [4.69, 9.17) is 22.1 Å². The second-order valence-corrected chi connectivity index (χ2v) is 12.1. The number of nitrogens with zero attached hydrogens (tertiary/aromatic N) is 4. The van der Waals surface area contributed by atoms with Gasteiger partial charge in [0.1, 0.15) is 10.0 Å². The third-order valence-corrected chi connectivity index (χ3v) is 9.53. The van der Waals surface area contributed by atoms with Gasteiger partial charge in [0, 0.05) is 50.7 Å². The van der Waals surface area contributed by atoms with Gasteiger partial charge in [0.15, 0.2) is 0 Å². The second-order valence-electron chi connectivity index (χ2n) is 8.51. The Balaban J connectivity index is 1.78. The van der Waals surface area contributed by atoms with Crippen LogP contribution in [0.1, 0.15) is 25.8 Å². The molecular weight excluding hydrogens is 541 g/mol. The summed E-state index contributed by atoms with van der Waals surface area (Å²) in [6.07, 6.45) is 4.30. The van der Waals surface area contributed by atoms with Gasteiger partial charge in [-0.1, -0.05) is 68.2 Å². The van der Waals surface area contributed by atoms with Crippen molar-refractivity contribution in [2.24, 2.45) is 0 Å². The molecule has 0 N–H and O–H groups in total. The number of aromatic nitrogens is 2. The minimum atomic E-state index is -3.66. The maximum atomic E-state index is 13.2. The van der Waals surface area contributed by atoms with Crippen LogP contribution in [0.4, 0.5) is 0 Å². The highest BCUT2D eigenvalue weighted by Gasteiger charge is 2.32.